The summed E-state index contributed by atoms with van der Waals surface area (Å²) in [7, 11) is 0. The number of hydrogen-bond acceptors (Lipinski definition) is 3. The molecule has 0 spiro atoms. The molecular formula is C16H21NO3. The molecule has 0 radical (unpaired) electrons. The molecule has 0 amide bonds. The molecule has 2 rings (SSSR count). The van der Waals surface area contributed by atoms with Crippen LogP contribution in [0.25, 0.3) is 0 Å². The van der Waals surface area contributed by atoms with E-state index in [1.54, 1.807) is 6.07 Å². The third-order valence-corrected chi connectivity index (χ3v) is 4.03. The first-order valence-corrected chi connectivity index (χ1v) is 7.07. The first-order valence-electron chi connectivity index (χ1n) is 7.07. The number of carbonyl (C=O) groups excluding carboxylic acids is 1. The van der Waals surface area contributed by atoms with E-state index in [4.69, 9.17) is 5.11 Å². The third kappa shape index (κ3) is 3.45. The van der Waals surface area contributed by atoms with Crippen LogP contribution in [0.1, 0.15) is 46.0 Å². The summed E-state index contributed by atoms with van der Waals surface area (Å²) in [4.78, 5) is 25.5. The van der Waals surface area contributed by atoms with Crippen molar-refractivity contribution in [2.45, 2.75) is 26.7 Å². The highest BCUT2D eigenvalue weighted by Crippen LogP contribution is 2.18. The van der Waals surface area contributed by atoms with Crippen LogP contribution in [-0.4, -0.2) is 41.4 Å². The molecule has 1 saturated heterocycles. The van der Waals surface area contributed by atoms with Gasteiger partial charge in [-0.3, -0.25) is 9.69 Å². The number of aryl methyl sites for hydroxylation is 1. The van der Waals surface area contributed by atoms with Crippen LogP contribution in [-0.2, 0) is 0 Å². The lowest BCUT2D eigenvalue weighted by atomic mass is 9.97. The SMILES string of the molecule is Cc1ccc(C(=O)O)cc1C(=O)CN1CCC(C)CC1. The molecule has 108 valence electrons. The molecule has 0 unspecified atom stereocenters. The number of likely N-dealkylation sites (tertiary alicyclic amines) is 1. The Kier molecular flexibility index (Phi) is 4.55. The number of benzene rings is 1. The fourth-order valence-electron chi connectivity index (χ4n) is 2.56. The summed E-state index contributed by atoms with van der Waals surface area (Å²) in [6, 6.07) is 4.73. The van der Waals surface area contributed by atoms with Crippen molar-refractivity contribution in [3.05, 3.63) is 34.9 Å². The maximum Gasteiger partial charge on any atom is 0.335 e. The minimum atomic E-state index is -0.995. The summed E-state index contributed by atoms with van der Waals surface area (Å²) in [5, 5.41) is 9.01. The molecule has 1 fully saturated rings. The van der Waals surface area contributed by atoms with Gasteiger partial charge in [0.15, 0.2) is 5.78 Å². The Bertz CT molecular complexity index is 516. The van der Waals surface area contributed by atoms with Crippen molar-refractivity contribution in [1.82, 2.24) is 4.90 Å². The third-order valence-electron chi connectivity index (χ3n) is 4.03. The number of nitrogens with zero attached hydrogens (tertiary/aromatic N) is 1. The van der Waals surface area contributed by atoms with Gasteiger partial charge in [-0.05, 0) is 56.5 Å². The number of hydrogen-bond donors (Lipinski definition) is 1. The molecule has 1 N–H and O–H groups in total. The topological polar surface area (TPSA) is 57.6 Å². The van der Waals surface area contributed by atoms with E-state index in [0.717, 1.165) is 37.4 Å². The van der Waals surface area contributed by atoms with E-state index in [1.807, 2.05) is 6.92 Å². The second-order valence-electron chi connectivity index (χ2n) is 5.72. The van der Waals surface area contributed by atoms with Crippen molar-refractivity contribution in [1.29, 1.82) is 0 Å². The molecule has 0 atom stereocenters. The average molecular weight is 275 g/mol. The normalized spacial score (nSPS) is 17.1. The number of carboxylic acid groups (broad SMARTS) is 1. The Morgan fingerprint density at radius 1 is 1.30 bits per heavy atom. The molecule has 4 nitrogen and oxygen atoms in total. The highest BCUT2D eigenvalue weighted by molar-refractivity contribution is 6.01. The fraction of sp³-hybridized carbons (Fsp3) is 0.500. The predicted molar refractivity (Wildman–Crippen MR) is 77.3 cm³/mol. The molecule has 1 aliphatic heterocycles. The lowest BCUT2D eigenvalue weighted by Crippen LogP contribution is -2.37. The van der Waals surface area contributed by atoms with Gasteiger partial charge in [0.05, 0.1) is 12.1 Å². The summed E-state index contributed by atoms with van der Waals surface area (Å²) in [5.41, 5.74) is 1.54. The largest absolute Gasteiger partial charge is 0.478 e. The fourth-order valence-corrected chi connectivity index (χ4v) is 2.56. The average Bonchev–Trinajstić information content (AvgIpc) is 2.41. The number of carboxylic acids is 1. The van der Waals surface area contributed by atoms with Gasteiger partial charge < -0.3 is 5.11 Å². The molecule has 0 aromatic heterocycles. The van der Waals surface area contributed by atoms with Crippen molar-refractivity contribution in [2.75, 3.05) is 19.6 Å². The van der Waals surface area contributed by atoms with E-state index >= 15 is 0 Å². The van der Waals surface area contributed by atoms with Gasteiger partial charge in [-0.25, -0.2) is 4.79 Å². The van der Waals surface area contributed by atoms with Crippen molar-refractivity contribution in [3.8, 4) is 0 Å². The van der Waals surface area contributed by atoms with Gasteiger partial charge in [0.25, 0.3) is 0 Å². The van der Waals surface area contributed by atoms with Gasteiger partial charge >= 0.3 is 5.97 Å². The van der Waals surface area contributed by atoms with Gasteiger partial charge in [0, 0.05) is 5.56 Å². The number of carbonyl (C=O) groups is 2. The van der Waals surface area contributed by atoms with Gasteiger partial charge in [0.2, 0.25) is 0 Å². The van der Waals surface area contributed by atoms with Gasteiger partial charge in [-0.2, -0.15) is 0 Å². The monoisotopic (exact) mass is 275 g/mol. The number of aromatic carboxylic acids is 1. The minimum absolute atomic E-state index is 0.0140. The quantitative estimate of drug-likeness (QED) is 0.858. The standard InChI is InChI=1S/C16H21NO3/c1-11-5-7-17(8-6-11)10-15(18)14-9-13(16(19)20)4-3-12(14)2/h3-4,9,11H,5-8,10H2,1-2H3,(H,19,20). The van der Waals surface area contributed by atoms with Crippen molar-refractivity contribution in [3.63, 3.8) is 0 Å². The Labute approximate surface area is 119 Å². The summed E-state index contributed by atoms with van der Waals surface area (Å²) >= 11 is 0. The summed E-state index contributed by atoms with van der Waals surface area (Å²) in [6.45, 7) is 6.36. The maximum absolute atomic E-state index is 12.4. The van der Waals surface area contributed by atoms with E-state index in [0.29, 0.717) is 12.1 Å². The van der Waals surface area contributed by atoms with E-state index in [9.17, 15) is 9.59 Å². The molecule has 1 aromatic rings. The zero-order valence-corrected chi connectivity index (χ0v) is 12.1. The molecule has 1 aromatic carbocycles. The van der Waals surface area contributed by atoms with Crippen molar-refractivity contribution in [2.24, 2.45) is 5.92 Å². The molecule has 4 heteroatoms. The Hall–Kier alpha value is -1.68. The lowest BCUT2D eigenvalue weighted by molar-refractivity contribution is 0.0697. The Morgan fingerprint density at radius 3 is 2.55 bits per heavy atom. The number of ketones is 1. The summed E-state index contributed by atoms with van der Waals surface area (Å²) in [5.74, 6) is -0.246. The van der Waals surface area contributed by atoms with Crippen molar-refractivity contribution >= 4 is 11.8 Å². The summed E-state index contributed by atoms with van der Waals surface area (Å²) < 4.78 is 0. The van der Waals surface area contributed by atoms with E-state index in [-0.39, 0.29) is 11.3 Å². The molecule has 1 heterocycles. The van der Waals surface area contributed by atoms with Crippen LogP contribution in [0.5, 0.6) is 0 Å². The zero-order valence-electron chi connectivity index (χ0n) is 12.1. The Morgan fingerprint density at radius 2 is 1.95 bits per heavy atom. The highest BCUT2D eigenvalue weighted by atomic mass is 16.4. The van der Waals surface area contributed by atoms with E-state index in [1.165, 1.54) is 12.1 Å². The molecule has 20 heavy (non-hydrogen) atoms. The second kappa shape index (κ2) is 6.18. The molecule has 0 bridgehead atoms. The highest BCUT2D eigenvalue weighted by Gasteiger charge is 2.20. The van der Waals surface area contributed by atoms with Gasteiger partial charge in [-0.1, -0.05) is 13.0 Å². The van der Waals surface area contributed by atoms with Crippen LogP contribution in [0.15, 0.2) is 18.2 Å². The van der Waals surface area contributed by atoms with Crippen LogP contribution in [0.3, 0.4) is 0 Å². The van der Waals surface area contributed by atoms with E-state index in [2.05, 4.69) is 11.8 Å². The zero-order chi connectivity index (χ0) is 14.7. The minimum Gasteiger partial charge on any atom is -0.478 e. The molecule has 1 aliphatic rings. The van der Waals surface area contributed by atoms with Gasteiger partial charge in [-0.15, -0.1) is 0 Å². The maximum atomic E-state index is 12.4. The first kappa shape index (κ1) is 14.7. The lowest BCUT2D eigenvalue weighted by Gasteiger charge is -2.29. The van der Waals surface area contributed by atoms with Crippen LogP contribution < -0.4 is 0 Å². The van der Waals surface area contributed by atoms with Crippen LogP contribution in [0, 0.1) is 12.8 Å². The molecular weight excluding hydrogens is 254 g/mol. The Balaban J connectivity index is 2.08. The number of piperidine rings is 1. The van der Waals surface area contributed by atoms with Crippen LogP contribution in [0.4, 0.5) is 0 Å². The first-order chi connectivity index (χ1) is 9.47. The van der Waals surface area contributed by atoms with Crippen LogP contribution >= 0.6 is 0 Å². The molecule has 0 aliphatic carbocycles. The van der Waals surface area contributed by atoms with Crippen molar-refractivity contribution < 1.29 is 14.7 Å². The second-order valence-corrected chi connectivity index (χ2v) is 5.72. The smallest absolute Gasteiger partial charge is 0.335 e. The predicted octanol–water partition coefficient (Wildman–Crippen LogP) is 2.61. The number of Topliss-reactive ketones (excluding diaryl/α,β-unsaturated/α-hetero) is 1. The molecule has 0 saturated carbocycles. The summed E-state index contributed by atoms with van der Waals surface area (Å²) in [6.07, 6.45) is 2.25. The van der Waals surface area contributed by atoms with Gasteiger partial charge in [0.1, 0.15) is 0 Å². The van der Waals surface area contributed by atoms with Crippen LogP contribution in [0.2, 0.25) is 0 Å². The number of rotatable bonds is 4. The van der Waals surface area contributed by atoms with E-state index < -0.39 is 5.97 Å².